The van der Waals surface area contributed by atoms with E-state index in [1.165, 1.54) is 0 Å². The third-order valence-corrected chi connectivity index (χ3v) is 3.48. The molecule has 1 aromatic carbocycles. The highest BCUT2D eigenvalue weighted by Crippen LogP contribution is 2.38. The van der Waals surface area contributed by atoms with Crippen LogP contribution in [-0.4, -0.2) is 24.0 Å². The maximum atomic E-state index is 5.88. The normalized spacial score (nSPS) is 10.4. The Morgan fingerprint density at radius 2 is 2.00 bits per heavy atom. The van der Waals surface area contributed by atoms with Crippen LogP contribution in [0.5, 0.6) is 11.5 Å². The lowest BCUT2D eigenvalue weighted by Gasteiger charge is -2.08. The molecule has 5 nitrogen and oxygen atoms in total. The molecule has 2 N–H and O–H groups in total. The second-order valence-corrected chi connectivity index (χ2v) is 4.53. The molecule has 6 heteroatoms. The van der Waals surface area contributed by atoms with Crippen LogP contribution in [0.1, 0.15) is 0 Å². The molecule has 0 atom stereocenters. The van der Waals surface area contributed by atoms with Crippen molar-refractivity contribution in [1.29, 1.82) is 0 Å². The molecular formula is C12H14BrN3O2. The largest absolute Gasteiger partial charge is 0.497 e. The van der Waals surface area contributed by atoms with Crippen molar-refractivity contribution in [3.05, 3.63) is 22.7 Å². The van der Waals surface area contributed by atoms with Crippen LogP contribution < -0.4 is 15.2 Å². The topological polar surface area (TPSA) is 62.3 Å². The van der Waals surface area contributed by atoms with Crippen molar-refractivity contribution in [1.82, 2.24) is 9.78 Å². The molecule has 1 aromatic heterocycles. The maximum Gasteiger partial charge on any atom is 0.136 e. The molecule has 0 bridgehead atoms. The third kappa shape index (κ3) is 2.03. The molecule has 0 spiro atoms. The molecule has 0 aliphatic rings. The lowest BCUT2D eigenvalue weighted by molar-refractivity contribution is 0.395. The fourth-order valence-corrected chi connectivity index (χ4v) is 2.23. The predicted molar refractivity (Wildman–Crippen MR) is 73.9 cm³/mol. The Labute approximate surface area is 114 Å². The van der Waals surface area contributed by atoms with E-state index >= 15 is 0 Å². The van der Waals surface area contributed by atoms with Crippen molar-refractivity contribution in [2.24, 2.45) is 7.05 Å². The smallest absolute Gasteiger partial charge is 0.136 e. The number of ether oxygens (including phenoxy) is 2. The van der Waals surface area contributed by atoms with Gasteiger partial charge in [0.1, 0.15) is 23.0 Å². The Balaban J connectivity index is 2.59. The van der Waals surface area contributed by atoms with Gasteiger partial charge in [-0.05, 0) is 28.1 Å². The van der Waals surface area contributed by atoms with E-state index in [1.54, 1.807) is 25.9 Å². The molecule has 0 fully saturated rings. The Kier molecular flexibility index (Phi) is 3.47. The standard InChI is InChI=1S/C12H14BrN3O2/c1-16-12(14)10(13)11(15-16)8-5-4-7(17-2)6-9(8)18-3/h4-6H,14H2,1-3H3. The van der Waals surface area contributed by atoms with Gasteiger partial charge in [0, 0.05) is 18.7 Å². The summed E-state index contributed by atoms with van der Waals surface area (Å²) in [6.07, 6.45) is 0. The second kappa shape index (κ2) is 4.89. The first-order valence-electron chi connectivity index (χ1n) is 5.28. The molecule has 0 radical (unpaired) electrons. The van der Waals surface area contributed by atoms with Crippen molar-refractivity contribution in [2.75, 3.05) is 20.0 Å². The van der Waals surface area contributed by atoms with Crippen molar-refractivity contribution in [2.45, 2.75) is 0 Å². The van der Waals surface area contributed by atoms with Gasteiger partial charge in [-0.2, -0.15) is 5.10 Å². The zero-order chi connectivity index (χ0) is 13.3. The lowest BCUT2D eigenvalue weighted by atomic mass is 10.1. The van der Waals surface area contributed by atoms with Gasteiger partial charge in [-0.15, -0.1) is 0 Å². The quantitative estimate of drug-likeness (QED) is 0.945. The number of methoxy groups -OCH3 is 2. The molecule has 0 amide bonds. The first-order chi connectivity index (χ1) is 8.58. The van der Waals surface area contributed by atoms with Gasteiger partial charge < -0.3 is 15.2 Å². The molecule has 1 heterocycles. The Morgan fingerprint density at radius 3 is 2.50 bits per heavy atom. The number of hydrogen-bond acceptors (Lipinski definition) is 4. The summed E-state index contributed by atoms with van der Waals surface area (Å²) in [5.74, 6) is 1.99. The van der Waals surface area contributed by atoms with E-state index < -0.39 is 0 Å². The number of hydrogen-bond donors (Lipinski definition) is 1. The predicted octanol–water partition coefficient (Wildman–Crippen LogP) is 2.45. The monoisotopic (exact) mass is 311 g/mol. The van der Waals surface area contributed by atoms with E-state index in [4.69, 9.17) is 15.2 Å². The van der Waals surface area contributed by atoms with E-state index in [2.05, 4.69) is 21.0 Å². The molecule has 2 aromatic rings. The highest BCUT2D eigenvalue weighted by molar-refractivity contribution is 9.10. The fourth-order valence-electron chi connectivity index (χ4n) is 1.68. The number of benzene rings is 1. The third-order valence-electron chi connectivity index (χ3n) is 2.70. The van der Waals surface area contributed by atoms with Crippen LogP contribution >= 0.6 is 15.9 Å². The van der Waals surface area contributed by atoms with Gasteiger partial charge >= 0.3 is 0 Å². The number of nitrogen functional groups attached to an aromatic ring is 1. The molecule has 0 saturated carbocycles. The van der Waals surface area contributed by atoms with Gasteiger partial charge in [0.25, 0.3) is 0 Å². The van der Waals surface area contributed by atoms with Crippen LogP contribution in [0.4, 0.5) is 5.82 Å². The summed E-state index contributed by atoms with van der Waals surface area (Å²) in [6, 6.07) is 5.56. The van der Waals surface area contributed by atoms with E-state index in [-0.39, 0.29) is 0 Å². The van der Waals surface area contributed by atoms with E-state index in [0.717, 1.165) is 21.5 Å². The number of anilines is 1. The van der Waals surface area contributed by atoms with Crippen LogP contribution in [0.15, 0.2) is 22.7 Å². The van der Waals surface area contributed by atoms with Gasteiger partial charge in [-0.1, -0.05) is 0 Å². The summed E-state index contributed by atoms with van der Waals surface area (Å²) in [4.78, 5) is 0. The average Bonchev–Trinajstić information content (AvgIpc) is 2.65. The van der Waals surface area contributed by atoms with E-state index in [9.17, 15) is 0 Å². The Morgan fingerprint density at radius 1 is 1.28 bits per heavy atom. The zero-order valence-electron chi connectivity index (χ0n) is 10.4. The lowest BCUT2D eigenvalue weighted by Crippen LogP contribution is -1.97. The average molecular weight is 312 g/mol. The van der Waals surface area contributed by atoms with Gasteiger partial charge in [-0.25, -0.2) is 0 Å². The molecule has 2 rings (SSSR count). The van der Waals surface area contributed by atoms with Crippen LogP contribution in [0, 0.1) is 0 Å². The summed E-state index contributed by atoms with van der Waals surface area (Å²) in [5.41, 5.74) is 7.48. The summed E-state index contributed by atoms with van der Waals surface area (Å²) < 4.78 is 12.9. The SMILES string of the molecule is COc1ccc(-c2nn(C)c(N)c2Br)c(OC)c1. The Bertz CT molecular complexity index is 581. The van der Waals surface area contributed by atoms with Crippen LogP contribution in [-0.2, 0) is 7.05 Å². The molecule has 96 valence electrons. The first-order valence-corrected chi connectivity index (χ1v) is 6.08. The van der Waals surface area contributed by atoms with Crippen LogP contribution in [0.3, 0.4) is 0 Å². The van der Waals surface area contributed by atoms with Gasteiger partial charge in [-0.3, -0.25) is 4.68 Å². The van der Waals surface area contributed by atoms with Crippen molar-refractivity contribution in [3.63, 3.8) is 0 Å². The summed E-state index contributed by atoms with van der Waals surface area (Å²) in [5, 5.41) is 4.37. The minimum Gasteiger partial charge on any atom is -0.497 e. The molecule has 0 aliphatic heterocycles. The fraction of sp³-hybridized carbons (Fsp3) is 0.250. The maximum absolute atomic E-state index is 5.88. The minimum atomic E-state index is 0.572. The molecule has 0 aliphatic carbocycles. The minimum absolute atomic E-state index is 0.572. The number of halogens is 1. The van der Waals surface area contributed by atoms with E-state index in [1.807, 2.05) is 18.2 Å². The highest BCUT2D eigenvalue weighted by Gasteiger charge is 2.17. The summed E-state index contributed by atoms with van der Waals surface area (Å²) in [7, 11) is 5.02. The summed E-state index contributed by atoms with van der Waals surface area (Å²) >= 11 is 3.44. The Hall–Kier alpha value is -1.69. The number of aryl methyl sites for hydroxylation is 1. The van der Waals surface area contributed by atoms with Crippen LogP contribution in [0.25, 0.3) is 11.3 Å². The van der Waals surface area contributed by atoms with Crippen molar-refractivity contribution >= 4 is 21.7 Å². The number of nitrogens with two attached hydrogens (primary N) is 1. The number of aromatic nitrogens is 2. The molecule has 0 unspecified atom stereocenters. The van der Waals surface area contributed by atoms with Gasteiger partial charge in [0.2, 0.25) is 0 Å². The van der Waals surface area contributed by atoms with Gasteiger partial charge in [0.05, 0.1) is 18.7 Å². The summed E-state index contributed by atoms with van der Waals surface area (Å²) in [6.45, 7) is 0. The number of nitrogens with zero attached hydrogens (tertiary/aromatic N) is 2. The molecule has 18 heavy (non-hydrogen) atoms. The highest BCUT2D eigenvalue weighted by atomic mass is 79.9. The second-order valence-electron chi connectivity index (χ2n) is 3.74. The van der Waals surface area contributed by atoms with Crippen molar-refractivity contribution < 1.29 is 9.47 Å². The molecular weight excluding hydrogens is 298 g/mol. The number of rotatable bonds is 3. The zero-order valence-corrected chi connectivity index (χ0v) is 12.0. The van der Waals surface area contributed by atoms with Crippen LogP contribution in [0.2, 0.25) is 0 Å². The van der Waals surface area contributed by atoms with Crippen molar-refractivity contribution in [3.8, 4) is 22.8 Å². The van der Waals surface area contributed by atoms with E-state index in [0.29, 0.717) is 11.6 Å². The first kappa shape index (κ1) is 12.8. The van der Waals surface area contributed by atoms with Gasteiger partial charge in [0.15, 0.2) is 0 Å². The molecule has 0 saturated heterocycles.